The van der Waals surface area contributed by atoms with Crippen LogP contribution in [-0.2, 0) is 16.1 Å². The molecule has 0 aliphatic carbocycles. The number of likely N-dealkylation sites (N-methyl/N-ethyl adjacent to an activating group) is 1. The summed E-state index contributed by atoms with van der Waals surface area (Å²) in [5, 5.41) is 3.08. The van der Waals surface area contributed by atoms with Crippen LogP contribution in [0.1, 0.15) is 12.1 Å². The van der Waals surface area contributed by atoms with Gasteiger partial charge in [0.1, 0.15) is 5.75 Å². The lowest BCUT2D eigenvalue weighted by atomic mass is 10.2. The zero-order valence-corrected chi connectivity index (χ0v) is 17.6. The molecule has 1 saturated heterocycles. The summed E-state index contributed by atoms with van der Waals surface area (Å²) in [7, 11) is 3.25. The van der Waals surface area contributed by atoms with Gasteiger partial charge < -0.3 is 4.74 Å². The Hall–Kier alpha value is -3.43. The first-order valence-corrected chi connectivity index (χ1v) is 9.86. The van der Waals surface area contributed by atoms with Crippen LogP contribution in [0.5, 0.6) is 5.75 Å². The highest BCUT2D eigenvalue weighted by Crippen LogP contribution is 2.26. The number of nitrogens with one attached hydrogen (secondary N) is 1. The maximum absolute atomic E-state index is 13.0. The molecule has 160 valence electrons. The van der Waals surface area contributed by atoms with Crippen molar-refractivity contribution in [3.8, 4) is 11.4 Å². The Labute approximate surface area is 182 Å². The van der Waals surface area contributed by atoms with E-state index in [0.29, 0.717) is 22.1 Å². The molecule has 1 N–H and O–H groups in total. The van der Waals surface area contributed by atoms with E-state index in [1.165, 1.54) is 4.68 Å². The van der Waals surface area contributed by atoms with E-state index in [0.717, 1.165) is 4.90 Å². The van der Waals surface area contributed by atoms with Gasteiger partial charge >= 0.3 is 11.3 Å². The quantitative estimate of drug-likeness (QED) is 0.459. The van der Waals surface area contributed by atoms with E-state index >= 15 is 0 Å². The number of aromatic amines is 1. The van der Waals surface area contributed by atoms with Crippen molar-refractivity contribution in [3.63, 3.8) is 0 Å². The Bertz CT molecular complexity index is 1170. The molecule has 2 heterocycles. The van der Waals surface area contributed by atoms with Crippen LogP contribution in [0.25, 0.3) is 5.69 Å². The lowest BCUT2D eigenvalue weighted by Gasteiger charge is -2.20. The van der Waals surface area contributed by atoms with Crippen LogP contribution in [0.3, 0.4) is 0 Å². The van der Waals surface area contributed by atoms with Crippen LogP contribution in [0, 0.1) is 0 Å². The van der Waals surface area contributed by atoms with Crippen LogP contribution >= 0.6 is 11.6 Å². The molecule has 1 unspecified atom stereocenters. The number of benzene rings is 2. The van der Waals surface area contributed by atoms with Gasteiger partial charge in [-0.3, -0.25) is 19.0 Å². The summed E-state index contributed by atoms with van der Waals surface area (Å²) in [6.45, 7) is 0.0933. The standard InChI is InChI=1S/C21H19ClN4O5/c1-24(17-11-19(27)25(20(17)28)14-5-3-13(22)4-6-14)12-18-21(29)31-23-26(18)15-7-9-16(30-2)10-8-15/h3-10,17H,11-12H2,1-2H3/p+1. The smallest absolute Gasteiger partial charge is 0.431 e. The van der Waals surface area contributed by atoms with E-state index in [-0.39, 0.29) is 30.5 Å². The molecule has 10 heteroatoms. The van der Waals surface area contributed by atoms with Gasteiger partial charge in [-0.25, -0.2) is 9.69 Å². The second-order valence-corrected chi connectivity index (χ2v) is 7.58. The van der Waals surface area contributed by atoms with Crippen LogP contribution in [0.2, 0.25) is 5.02 Å². The van der Waals surface area contributed by atoms with Crippen molar-refractivity contribution in [1.82, 2.24) is 10.2 Å². The van der Waals surface area contributed by atoms with E-state index in [4.69, 9.17) is 20.9 Å². The fourth-order valence-corrected chi connectivity index (χ4v) is 3.66. The van der Waals surface area contributed by atoms with Gasteiger partial charge in [0.2, 0.25) is 11.6 Å². The molecule has 31 heavy (non-hydrogen) atoms. The van der Waals surface area contributed by atoms with Gasteiger partial charge in [0.05, 0.1) is 31.8 Å². The van der Waals surface area contributed by atoms with Gasteiger partial charge in [0.15, 0.2) is 0 Å². The summed E-state index contributed by atoms with van der Waals surface area (Å²) in [6, 6.07) is 12.8. The van der Waals surface area contributed by atoms with Crippen LogP contribution in [0.4, 0.5) is 5.69 Å². The molecular formula is C21H20ClN4O5+. The molecule has 4 rings (SSSR count). The molecule has 9 nitrogen and oxygen atoms in total. The Kier molecular flexibility index (Phi) is 5.62. The van der Waals surface area contributed by atoms with E-state index in [2.05, 4.69) is 5.27 Å². The van der Waals surface area contributed by atoms with E-state index < -0.39 is 11.7 Å². The SMILES string of the molecule is COc1ccc(-[n+]2[nH]oc(=O)c2CN(C)C2CC(=O)N(c3ccc(Cl)cc3)C2=O)cc1. The van der Waals surface area contributed by atoms with Crippen molar-refractivity contribution < 1.29 is 23.5 Å². The topological polar surface area (TPSA) is 99.7 Å². The first-order valence-electron chi connectivity index (χ1n) is 9.48. The number of methoxy groups -OCH3 is 1. The number of H-pyrrole nitrogens is 1. The number of nitrogens with zero attached hydrogens (tertiary/aromatic N) is 3. The van der Waals surface area contributed by atoms with Crippen molar-refractivity contribution in [2.75, 3.05) is 19.1 Å². The van der Waals surface area contributed by atoms with Crippen molar-refractivity contribution in [2.45, 2.75) is 19.0 Å². The number of aromatic nitrogens is 2. The third-order valence-corrected chi connectivity index (χ3v) is 5.46. The highest BCUT2D eigenvalue weighted by atomic mass is 35.5. The zero-order valence-electron chi connectivity index (χ0n) is 16.9. The number of halogens is 1. The predicted octanol–water partition coefficient (Wildman–Crippen LogP) is 1.67. The average molecular weight is 444 g/mol. The fraction of sp³-hybridized carbons (Fsp3) is 0.238. The molecule has 0 saturated carbocycles. The highest BCUT2D eigenvalue weighted by molar-refractivity contribution is 6.30. The summed E-state index contributed by atoms with van der Waals surface area (Å²) in [5.41, 5.74) is 0.850. The van der Waals surface area contributed by atoms with E-state index in [1.807, 2.05) is 0 Å². The van der Waals surface area contributed by atoms with Gasteiger partial charge in [-0.05, 0) is 53.4 Å². The molecule has 2 aromatic carbocycles. The number of hydrogen-bond donors (Lipinski definition) is 1. The molecule has 1 atom stereocenters. The number of ether oxygens (including phenoxy) is 1. The Balaban J connectivity index is 1.56. The van der Waals surface area contributed by atoms with Crippen LogP contribution in [-0.4, -0.2) is 42.2 Å². The third-order valence-electron chi connectivity index (χ3n) is 5.20. The molecule has 1 fully saturated rings. The van der Waals surface area contributed by atoms with E-state index in [9.17, 15) is 14.4 Å². The first kappa shape index (κ1) is 20.8. The number of carbonyl (C=O) groups excluding carboxylic acids is 2. The van der Waals surface area contributed by atoms with Crippen molar-refractivity contribution in [3.05, 3.63) is 69.7 Å². The maximum atomic E-state index is 13.0. The van der Waals surface area contributed by atoms with Crippen molar-refractivity contribution in [1.29, 1.82) is 0 Å². The highest BCUT2D eigenvalue weighted by Gasteiger charge is 2.42. The van der Waals surface area contributed by atoms with Gasteiger partial charge in [-0.2, -0.15) is 0 Å². The Morgan fingerprint density at radius 2 is 1.84 bits per heavy atom. The summed E-state index contributed by atoms with van der Waals surface area (Å²) < 4.78 is 11.6. The summed E-state index contributed by atoms with van der Waals surface area (Å²) in [6.07, 6.45) is 0.0102. The second kappa shape index (κ2) is 8.37. The van der Waals surface area contributed by atoms with Crippen molar-refractivity contribution in [2.24, 2.45) is 0 Å². The number of rotatable bonds is 6. The summed E-state index contributed by atoms with van der Waals surface area (Å²) in [5.74, 6) is 0.00488. The van der Waals surface area contributed by atoms with Gasteiger partial charge in [-0.1, -0.05) is 11.6 Å². The number of imide groups is 1. The third kappa shape index (κ3) is 3.97. The summed E-state index contributed by atoms with van der Waals surface area (Å²) in [4.78, 5) is 40.6. The normalized spacial score (nSPS) is 16.4. The second-order valence-electron chi connectivity index (χ2n) is 7.14. The zero-order chi connectivity index (χ0) is 22.1. The molecule has 3 aromatic rings. The van der Waals surface area contributed by atoms with E-state index in [1.54, 1.807) is 67.6 Å². The Morgan fingerprint density at radius 3 is 2.48 bits per heavy atom. The van der Waals surface area contributed by atoms with Crippen LogP contribution < -0.4 is 19.9 Å². The number of hydrogen-bond acceptors (Lipinski definition) is 6. The van der Waals surface area contributed by atoms with Gasteiger partial charge in [0.25, 0.3) is 5.91 Å². The van der Waals surface area contributed by atoms with Gasteiger partial charge in [-0.15, -0.1) is 0 Å². The molecule has 1 aliphatic heterocycles. The average Bonchev–Trinajstić information content (AvgIpc) is 3.28. The molecular weight excluding hydrogens is 424 g/mol. The predicted molar refractivity (Wildman–Crippen MR) is 111 cm³/mol. The molecule has 0 spiro atoms. The number of anilines is 1. The molecule has 1 aromatic heterocycles. The Morgan fingerprint density at radius 1 is 1.16 bits per heavy atom. The minimum atomic E-state index is -0.707. The lowest BCUT2D eigenvalue weighted by molar-refractivity contribution is -0.678. The lowest BCUT2D eigenvalue weighted by Crippen LogP contribution is -2.45. The number of carbonyl (C=O) groups is 2. The number of amides is 2. The molecule has 1 aliphatic rings. The van der Waals surface area contributed by atoms with Gasteiger partial charge in [0, 0.05) is 17.2 Å². The largest absolute Gasteiger partial charge is 0.497 e. The van der Waals surface area contributed by atoms with Crippen LogP contribution in [0.15, 0.2) is 57.8 Å². The molecule has 0 radical (unpaired) electrons. The maximum Gasteiger partial charge on any atom is 0.431 e. The monoisotopic (exact) mass is 443 g/mol. The fourth-order valence-electron chi connectivity index (χ4n) is 3.54. The molecule has 0 bridgehead atoms. The summed E-state index contributed by atoms with van der Waals surface area (Å²) >= 11 is 5.90. The minimum absolute atomic E-state index is 0.0102. The minimum Gasteiger partial charge on any atom is -0.497 e. The first-order chi connectivity index (χ1) is 14.9. The van der Waals surface area contributed by atoms with Crippen molar-refractivity contribution >= 4 is 29.1 Å². The molecule has 2 amide bonds.